The zero-order valence-electron chi connectivity index (χ0n) is 17.4. The number of nitrogens with zero attached hydrogens (tertiary/aromatic N) is 1. The number of carbonyl (C=O) groups is 1. The molecule has 3 rings (SSSR count). The summed E-state index contributed by atoms with van der Waals surface area (Å²) in [5.41, 5.74) is 6.24. The second kappa shape index (κ2) is 9.72. The third kappa shape index (κ3) is 6.04. The molecular weight excluding hydrogens is 440 g/mol. The molecule has 0 saturated heterocycles. The summed E-state index contributed by atoms with van der Waals surface area (Å²) in [4.78, 5) is 12.4. The third-order valence-corrected chi connectivity index (χ3v) is 5.14. The van der Waals surface area contributed by atoms with Crippen LogP contribution in [0.4, 0.5) is 0 Å². The number of ether oxygens (including phenoxy) is 1. The van der Waals surface area contributed by atoms with Crippen molar-refractivity contribution in [1.29, 1.82) is 0 Å². The van der Waals surface area contributed by atoms with E-state index >= 15 is 0 Å². The van der Waals surface area contributed by atoms with Gasteiger partial charge < -0.3 is 4.74 Å². The van der Waals surface area contributed by atoms with E-state index < -0.39 is 0 Å². The van der Waals surface area contributed by atoms with Crippen LogP contribution in [0.15, 0.2) is 82.4 Å². The van der Waals surface area contributed by atoms with Crippen molar-refractivity contribution in [3.8, 4) is 5.75 Å². The predicted molar refractivity (Wildman–Crippen MR) is 125 cm³/mol. The van der Waals surface area contributed by atoms with Gasteiger partial charge in [0.05, 0.1) is 6.21 Å². The monoisotopic (exact) mass is 464 g/mol. The highest BCUT2D eigenvalue weighted by atomic mass is 79.9. The average Bonchev–Trinajstić information content (AvgIpc) is 2.73. The van der Waals surface area contributed by atoms with Gasteiger partial charge in [0, 0.05) is 15.6 Å². The molecule has 1 N–H and O–H groups in total. The number of carbonyl (C=O) groups excluding carboxylic acids is 1. The van der Waals surface area contributed by atoms with Gasteiger partial charge in [0.1, 0.15) is 12.4 Å². The number of amides is 1. The van der Waals surface area contributed by atoms with E-state index in [1.807, 2.05) is 72.8 Å². The van der Waals surface area contributed by atoms with Crippen molar-refractivity contribution in [2.75, 3.05) is 0 Å². The Morgan fingerprint density at radius 1 is 1.00 bits per heavy atom. The normalized spacial score (nSPS) is 11.5. The Kier molecular flexibility index (Phi) is 7.06. The van der Waals surface area contributed by atoms with Gasteiger partial charge in [-0.3, -0.25) is 4.79 Å². The summed E-state index contributed by atoms with van der Waals surface area (Å²) in [6.45, 7) is 6.87. The Morgan fingerprint density at radius 3 is 2.33 bits per heavy atom. The van der Waals surface area contributed by atoms with Crippen LogP contribution in [0.1, 0.15) is 47.8 Å². The molecule has 0 aromatic heterocycles. The first-order valence-corrected chi connectivity index (χ1v) is 10.5. The summed E-state index contributed by atoms with van der Waals surface area (Å²) in [5.74, 6) is 0.452. The largest absolute Gasteiger partial charge is 0.488 e. The molecule has 0 atom stereocenters. The Hall–Kier alpha value is -2.92. The topological polar surface area (TPSA) is 50.7 Å². The maximum Gasteiger partial charge on any atom is 0.271 e. The van der Waals surface area contributed by atoms with E-state index in [4.69, 9.17) is 4.74 Å². The summed E-state index contributed by atoms with van der Waals surface area (Å²) in [6.07, 6.45) is 1.60. The summed E-state index contributed by atoms with van der Waals surface area (Å²) in [5, 5.41) is 4.11. The molecule has 4 nitrogen and oxygen atoms in total. The van der Waals surface area contributed by atoms with E-state index in [-0.39, 0.29) is 11.3 Å². The van der Waals surface area contributed by atoms with Crippen molar-refractivity contribution in [2.24, 2.45) is 5.10 Å². The fraction of sp³-hybridized carbons (Fsp3) is 0.200. The predicted octanol–water partition coefficient (Wildman–Crippen LogP) is 6.09. The molecule has 30 heavy (non-hydrogen) atoms. The van der Waals surface area contributed by atoms with E-state index in [2.05, 4.69) is 47.2 Å². The molecular formula is C25H25BrN2O2. The van der Waals surface area contributed by atoms with Crippen LogP contribution < -0.4 is 10.2 Å². The van der Waals surface area contributed by atoms with E-state index in [9.17, 15) is 4.79 Å². The molecule has 0 spiro atoms. The molecule has 0 saturated carbocycles. The van der Waals surface area contributed by atoms with Gasteiger partial charge in [-0.15, -0.1) is 0 Å². The van der Waals surface area contributed by atoms with Crippen molar-refractivity contribution in [3.63, 3.8) is 0 Å². The number of benzene rings is 3. The lowest BCUT2D eigenvalue weighted by Gasteiger charge is -2.18. The van der Waals surface area contributed by atoms with Crippen molar-refractivity contribution in [3.05, 3.63) is 99.5 Å². The lowest BCUT2D eigenvalue weighted by atomic mass is 9.87. The molecule has 5 heteroatoms. The number of para-hydroxylation sites is 1. The zero-order chi connectivity index (χ0) is 21.6. The zero-order valence-corrected chi connectivity index (χ0v) is 18.9. The first-order chi connectivity index (χ1) is 14.3. The molecule has 0 aliphatic carbocycles. The minimum atomic E-state index is -0.250. The summed E-state index contributed by atoms with van der Waals surface area (Å²) < 4.78 is 6.96. The fourth-order valence-corrected chi connectivity index (χ4v) is 3.07. The fourth-order valence-electron chi connectivity index (χ4n) is 2.81. The quantitative estimate of drug-likeness (QED) is 0.354. The SMILES string of the molecule is CC(C)(C)c1ccc(C(=O)N/N=C\c2ccccc2OCc2ccc(Br)cc2)cc1. The lowest BCUT2D eigenvalue weighted by Crippen LogP contribution is -2.18. The van der Waals surface area contributed by atoms with Gasteiger partial charge in [-0.1, -0.05) is 73.1 Å². The Morgan fingerprint density at radius 2 is 1.67 bits per heavy atom. The van der Waals surface area contributed by atoms with Gasteiger partial charge >= 0.3 is 0 Å². The first kappa shape index (κ1) is 21.8. The van der Waals surface area contributed by atoms with Crippen LogP contribution in [-0.4, -0.2) is 12.1 Å². The summed E-state index contributed by atoms with van der Waals surface area (Å²) in [6, 6.07) is 23.2. The van der Waals surface area contributed by atoms with Crippen LogP contribution in [0, 0.1) is 0 Å². The Labute approximate surface area is 186 Å². The molecule has 0 aliphatic rings. The second-order valence-corrected chi connectivity index (χ2v) is 8.90. The standard InChI is InChI=1S/C25H25BrN2O2/c1-25(2,3)21-12-10-19(11-13-21)24(29)28-27-16-20-6-4-5-7-23(20)30-17-18-8-14-22(26)15-9-18/h4-16H,17H2,1-3H3,(H,28,29)/b27-16-. The van der Waals surface area contributed by atoms with Crippen LogP contribution in [0.25, 0.3) is 0 Å². The third-order valence-electron chi connectivity index (χ3n) is 4.61. The highest BCUT2D eigenvalue weighted by molar-refractivity contribution is 9.10. The highest BCUT2D eigenvalue weighted by Crippen LogP contribution is 2.22. The molecule has 3 aromatic rings. The highest BCUT2D eigenvalue weighted by Gasteiger charge is 2.14. The smallest absolute Gasteiger partial charge is 0.271 e. The number of halogens is 1. The number of nitrogens with one attached hydrogen (secondary N) is 1. The van der Waals surface area contributed by atoms with Crippen LogP contribution in [0.2, 0.25) is 0 Å². The molecule has 0 bridgehead atoms. The molecule has 0 aliphatic heterocycles. The number of hydrazone groups is 1. The van der Waals surface area contributed by atoms with Crippen LogP contribution in [-0.2, 0) is 12.0 Å². The van der Waals surface area contributed by atoms with Crippen LogP contribution >= 0.6 is 15.9 Å². The van der Waals surface area contributed by atoms with Gasteiger partial charge in [-0.05, 0) is 52.9 Å². The average molecular weight is 465 g/mol. The van der Waals surface area contributed by atoms with E-state index in [0.29, 0.717) is 17.9 Å². The molecule has 0 radical (unpaired) electrons. The Bertz CT molecular complexity index is 1020. The first-order valence-electron chi connectivity index (χ1n) is 9.73. The van der Waals surface area contributed by atoms with Crippen LogP contribution in [0.3, 0.4) is 0 Å². The minimum Gasteiger partial charge on any atom is -0.488 e. The molecule has 0 fully saturated rings. The van der Waals surface area contributed by atoms with Crippen molar-refractivity contribution >= 4 is 28.1 Å². The van der Waals surface area contributed by atoms with E-state index in [1.165, 1.54) is 5.56 Å². The molecule has 3 aromatic carbocycles. The molecule has 0 heterocycles. The van der Waals surface area contributed by atoms with Gasteiger partial charge in [-0.2, -0.15) is 5.10 Å². The van der Waals surface area contributed by atoms with Gasteiger partial charge in [0.15, 0.2) is 0 Å². The van der Waals surface area contributed by atoms with Crippen molar-refractivity contribution in [1.82, 2.24) is 5.43 Å². The summed E-state index contributed by atoms with van der Waals surface area (Å²) in [7, 11) is 0. The van der Waals surface area contributed by atoms with Crippen LogP contribution in [0.5, 0.6) is 5.75 Å². The van der Waals surface area contributed by atoms with Crippen molar-refractivity contribution in [2.45, 2.75) is 32.8 Å². The van der Waals surface area contributed by atoms with E-state index in [0.717, 1.165) is 15.6 Å². The van der Waals surface area contributed by atoms with E-state index in [1.54, 1.807) is 6.21 Å². The van der Waals surface area contributed by atoms with Gasteiger partial charge in [0.25, 0.3) is 5.91 Å². The number of rotatable bonds is 6. The number of hydrogen-bond donors (Lipinski definition) is 1. The minimum absolute atomic E-state index is 0.0487. The summed E-state index contributed by atoms with van der Waals surface area (Å²) >= 11 is 3.43. The number of hydrogen-bond acceptors (Lipinski definition) is 3. The lowest BCUT2D eigenvalue weighted by molar-refractivity contribution is 0.0955. The molecule has 1 amide bonds. The van der Waals surface area contributed by atoms with Gasteiger partial charge in [-0.25, -0.2) is 5.43 Å². The molecule has 154 valence electrons. The maximum absolute atomic E-state index is 12.4. The Balaban J connectivity index is 1.62. The van der Waals surface area contributed by atoms with Gasteiger partial charge in [0.2, 0.25) is 0 Å². The second-order valence-electron chi connectivity index (χ2n) is 7.98. The van der Waals surface area contributed by atoms with Crippen molar-refractivity contribution < 1.29 is 9.53 Å². The maximum atomic E-state index is 12.4. The molecule has 0 unspecified atom stereocenters.